The van der Waals surface area contributed by atoms with E-state index >= 15 is 0 Å². The number of aromatic nitrogens is 3. The summed E-state index contributed by atoms with van der Waals surface area (Å²) in [6.07, 6.45) is 14.5. The summed E-state index contributed by atoms with van der Waals surface area (Å²) in [7, 11) is 0. The van der Waals surface area contributed by atoms with E-state index in [-0.39, 0.29) is 17.4 Å². The second-order valence-corrected chi connectivity index (χ2v) is 15.9. The zero-order valence-corrected chi connectivity index (χ0v) is 30.4. The molecule has 3 heterocycles. The Morgan fingerprint density at radius 2 is 1.32 bits per heavy atom. The second kappa shape index (κ2) is 12.7. The Hall–Kier alpha value is -5.78. The molecule has 0 N–H and O–H groups in total. The van der Waals surface area contributed by atoms with Crippen LogP contribution in [0.25, 0.3) is 50.9 Å². The van der Waals surface area contributed by atoms with Crippen molar-refractivity contribution in [3.8, 4) is 51.0 Å². The summed E-state index contributed by atoms with van der Waals surface area (Å²) in [6, 6.07) is 42.6. The molecule has 0 radical (unpaired) electrons. The predicted octanol–water partition coefficient (Wildman–Crippen LogP) is 11.7. The molecule has 0 spiro atoms. The van der Waals surface area contributed by atoms with Gasteiger partial charge in [0.25, 0.3) is 0 Å². The number of benzene rings is 5. The Balaban J connectivity index is 1.04. The molecule has 6 aromatic rings. The van der Waals surface area contributed by atoms with Gasteiger partial charge in [-0.15, -0.1) is 11.8 Å². The Labute approximate surface area is 314 Å². The van der Waals surface area contributed by atoms with E-state index in [1.54, 1.807) is 0 Å². The Morgan fingerprint density at radius 1 is 0.642 bits per heavy atom. The van der Waals surface area contributed by atoms with E-state index in [0.717, 1.165) is 45.6 Å². The van der Waals surface area contributed by atoms with Gasteiger partial charge in [-0.2, -0.15) is 0 Å². The molecular formula is C48H37N3OS. The molecule has 0 saturated heterocycles. The van der Waals surface area contributed by atoms with Crippen molar-refractivity contribution in [2.75, 3.05) is 0 Å². The SMILES string of the molecule is CC1(C)C2=CC=CCC2Sc2ccc(-c3ccccc3-c3nc(-c4ccccc4)nc(-c4ccc(C5=CC=CC6c7ccccc7OC56)cc4)n3)cc21. The van der Waals surface area contributed by atoms with E-state index in [0.29, 0.717) is 22.7 Å². The lowest BCUT2D eigenvalue weighted by Gasteiger charge is -2.41. The highest BCUT2D eigenvalue weighted by molar-refractivity contribution is 8.00. The molecule has 0 amide bonds. The van der Waals surface area contributed by atoms with Crippen molar-refractivity contribution in [2.24, 2.45) is 0 Å². The highest BCUT2D eigenvalue weighted by atomic mass is 32.2. The molecule has 4 nitrogen and oxygen atoms in total. The minimum Gasteiger partial charge on any atom is -0.484 e. The lowest BCUT2D eigenvalue weighted by atomic mass is 9.73. The minimum atomic E-state index is -0.0628. The number of nitrogens with zero attached hydrogens (tertiary/aromatic N) is 3. The van der Waals surface area contributed by atoms with Crippen LogP contribution in [0, 0.1) is 0 Å². The molecule has 2 aliphatic heterocycles. The summed E-state index contributed by atoms with van der Waals surface area (Å²) in [4.78, 5) is 16.7. The summed E-state index contributed by atoms with van der Waals surface area (Å²) >= 11 is 1.99. The van der Waals surface area contributed by atoms with Gasteiger partial charge in [-0.25, -0.2) is 15.0 Å². The van der Waals surface area contributed by atoms with Gasteiger partial charge in [-0.3, -0.25) is 0 Å². The Bertz CT molecular complexity index is 2530. The van der Waals surface area contributed by atoms with Crippen molar-refractivity contribution in [2.45, 2.75) is 47.9 Å². The topological polar surface area (TPSA) is 47.9 Å². The van der Waals surface area contributed by atoms with E-state index in [9.17, 15) is 0 Å². The predicted molar refractivity (Wildman–Crippen MR) is 217 cm³/mol. The second-order valence-electron chi connectivity index (χ2n) is 14.6. The number of hydrogen-bond acceptors (Lipinski definition) is 5. The summed E-state index contributed by atoms with van der Waals surface area (Å²) in [5.74, 6) is 3.12. The van der Waals surface area contributed by atoms with Crippen LogP contribution in [-0.2, 0) is 5.41 Å². The summed E-state index contributed by atoms with van der Waals surface area (Å²) in [5, 5.41) is 0.496. The van der Waals surface area contributed by atoms with Crippen LogP contribution in [0.1, 0.15) is 42.9 Å². The Kier molecular flexibility index (Phi) is 7.66. The number of thioether (sulfide) groups is 1. The minimum absolute atomic E-state index is 0.0429. The molecule has 3 unspecified atom stereocenters. The van der Waals surface area contributed by atoms with Gasteiger partial charge in [0, 0.05) is 49.3 Å². The molecular weight excluding hydrogens is 667 g/mol. The fourth-order valence-electron chi connectivity index (χ4n) is 8.34. The monoisotopic (exact) mass is 703 g/mol. The smallest absolute Gasteiger partial charge is 0.164 e. The number of hydrogen-bond donors (Lipinski definition) is 0. The lowest BCUT2D eigenvalue weighted by Crippen LogP contribution is -2.32. The van der Waals surface area contributed by atoms with Crippen LogP contribution in [0.15, 0.2) is 168 Å². The first-order valence-corrected chi connectivity index (χ1v) is 19.2. The molecule has 1 aromatic heterocycles. The van der Waals surface area contributed by atoms with Crippen molar-refractivity contribution >= 4 is 17.3 Å². The first-order chi connectivity index (χ1) is 26.0. The molecule has 53 heavy (non-hydrogen) atoms. The van der Waals surface area contributed by atoms with E-state index in [4.69, 9.17) is 19.7 Å². The maximum atomic E-state index is 6.48. The molecule has 3 atom stereocenters. The van der Waals surface area contributed by atoms with Crippen molar-refractivity contribution in [3.63, 3.8) is 0 Å². The van der Waals surface area contributed by atoms with Gasteiger partial charge >= 0.3 is 0 Å². The van der Waals surface area contributed by atoms with E-state index in [1.807, 2.05) is 36.0 Å². The van der Waals surface area contributed by atoms with E-state index < -0.39 is 0 Å². The standard InChI is InChI=1S/C48H37N3OS/c1-48(2)39-20-9-11-22-42(39)53-43-28-27-33(29-40(43)48)34-15-6-7-17-38(34)47-50-45(31-13-4-3-5-14-31)49-46(51-47)32-25-23-30(24-26-32)35-18-12-19-37-36-16-8-10-21-41(36)52-44(35)37/h3-21,23-29,37,42,44H,22H2,1-2H3. The van der Waals surface area contributed by atoms with Crippen LogP contribution in [0.3, 0.4) is 0 Å². The van der Waals surface area contributed by atoms with Crippen molar-refractivity contribution in [3.05, 3.63) is 180 Å². The molecule has 0 saturated carbocycles. The van der Waals surface area contributed by atoms with Gasteiger partial charge in [-0.1, -0.05) is 153 Å². The molecule has 5 aromatic carbocycles. The zero-order valence-electron chi connectivity index (χ0n) is 29.6. The first-order valence-electron chi connectivity index (χ1n) is 18.4. The van der Waals surface area contributed by atoms with E-state index in [2.05, 4.69) is 147 Å². The maximum Gasteiger partial charge on any atom is 0.164 e. The van der Waals surface area contributed by atoms with Gasteiger partial charge in [-0.05, 0) is 52.4 Å². The molecule has 2 aliphatic carbocycles. The number of para-hydroxylation sites is 1. The van der Waals surface area contributed by atoms with Crippen LogP contribution >= 0.6 is 11.8 Å². The van der Waals surface area contributed by atoms with Crippen LogP contribution in [0.5, 0.6) is 5.75 Å². The van der Waals surface area contributed by atoms with Crippen LogP contribution in [-0.4, -0.2) is 26.3 Å². The third kappa shape index (κ3) is 5.50. The van der Waals surface area contributed by atoms with Crippen LogP contribution in [0.2, 0.25) is 0 Å². The van der Waals surface area contributed by atoms with E-state index in [1.165, 1.54) is 27.2 Å². The third-order valence-corrected chi connectivity index (χ3v) is 12.5. The third-order valence-electron chi connectivity index (χ3n) is 11.1. The number of rotatable bonds is 5. The maximum absolute atomic E-state index is 6.48. The molecule has 5 heteroatoms. The lowest BCUT2D eigenvalue weighted by molar-refractivity contribution is 0.278. The number of allylic oxidation sites excluding steroid dienone is 5. The zero-order chi connectivity index (χ0) is 35.5. The van der Waals surface area contributed by atoms with Crippen molar-refractivity contribution in [1.29, 1.82) is 0 Å². The first kappa shape index (κ1) is 31.9. The van der Waals surface area contributed by atoms with Gasteiger partial charge in [0.1, 0.15) is 11.9 Å². The number of fused-ring (bicyclic) bond motifs is 5. The normalized spacial score (nSPS) is 20.3. The highest BCUT2D eigenvalue weighted by Crippen LogP contribution is 2.52. The fourth-order valence-corrected chi connectivity index (χ4v) is 9.95. The van der Waals surface area contributed by atoms with Gasteiger partial charge in [0.05, 0.1) is 0 Å². The molecule has 0 bridgehead atoms. The molecule has 0 fully saturated rings. The quantitative estimate of drug-likeness (QED) is 0.179. The van der Waals surface area contributed by atoms with Crippen LogP contribution < -0.4 is 4.74 Å². The summed E-state index contributed by atoms with van der Waals surface area (Å²) in [5.41, 5.74) is 11.5. The van der Waals surface area contributed by atoms with Gasteiger partial charge in [0.15, 0.2) is 17.5 Å². The summed E-state index contributed by atoms with van der Waals surface area (Å²) < 4.78 is 6.48. The average molecular weight is 704 g/mol. The molecule has 10 rings (SSSR count). The molecule has 4 aliphatic rings. The van der Waals surface area contributed by atoms with Gasteiger partial charge < -0.3 is 4.74 Å². The van der Waals surface area contributed by atoms with Gasteiger partial charge in [0.2, 0.25) is 0 Å². The summed E-state index contributed by atoms with van der Waals surface area (Å²) in [6.45, 7) is 4.74. The Morgan fingerprint density at radius 3 is 2.15 bits per heavy atom. The highest BCUT2D eigenvalue weighted by Gasteiger charge is 2.39. The largest absolute Gasteiger partial charge is 0.484 e. The fraction of sp³-hybridized carbons (Fsp3) is 0.146. The van der Waals surface area contributed by atoms with Crippen molar-refractivity contribution in [1.82, 2.24) is 15.0 Å². The molecule has 256 valence electrons. The number of ether oxygens (including phenoxy) is 1. The average Bonchev–Trinajstić information content (AvgIpc) is 3.60. The van der Waals surface area contributed by atoms with Crippen molar-refractivity contribution < 1.29 is 4.74 Å². The van der Waals surface area contributed by atoms with Crippen LogP contribution in [0.4, 0.5) is 0 Å².